The lowest BCUT2D eigenvalue weighted by molar-refractivity contribution is -0.119. The van der Waals surface area contributed by atoms with Crippen LogP contribution in [0.5, 0.6) is 0 Å². The van der Waals surface area contributed by atoms with Crippen LogP contribution < -0.4 is 10.6 Å². The molecule has 0 radical (unpaired) electrons. The van der Waals surface area contributed by atoms with Crippen LogP contribution in [0.4, 0.5) is 0 Å². The molecule has 1 amide bonds. The zero-order chi connectivity index (χ0) is 14.7. The summed E-state index contributed by atoms with van der Waals surface area (Å²) in [5.74, 6) is 0.499. The standard InChI is InChI=1S/C16H17ClN2OS/c17-13-5-1-3-11-4-2-6-14(16(11)13)21-10-15(20)19-12-7-8-18-9-12/h1-6,12,18H,7-10H2,(H,19,20). The molecule has 2 N–H and O–H groups in total. The minimum Gasteiger partial charge on any atom is -0.351 e. The third-order valence-corrected chi connectivity index (χ3v) is 4.97. The van der Waals surface area contributed by atoms with Crippen molar-refractivity contribution in [2.45, 2.75) is 17.4 Å². The Morgan fingerprint density at radius 3 is 2.90 bits per heavy atom. The first-order chi connectivity index (χ1) is 10.2. The molecule has 1 fully saturated rings. The summed E-state index contributed by atoms with van der Waals surface area (Å²) in [6, 6.07) is 12.2. The molecule has 0 aliphatic carbocycles. The van der Waals surface area contributed by atoms with Crippen molar-refractivity contribution < 1.29 is 4.79 Å². The van der Waals surface area contributed by atoms with Gasteiger partial charge in [0.25, 0.3) is 0 Å². The third kappa shape index (κ3) is 3.51. The van der Waals surface area contributed by atoms with Gasteiger partial charge in [-0.2, -0.15) is 0 Å². The van der Waals surface area contributed by atoms with Crippen molar-refractivity contribution in [1.82, 2.24) is 10.6 Å². The molecular formula is C16H17ClN2OS. The van der Waals surface area contributed by atoms with Gasteiger partial charge in [0.05, 0.1) is 5.75 Å². The predicted molar refractivity (Wildman–Crippen MR) is 89.1 cm³/mol. The summed E-state index contributed by atoms with van der Waals surface area (Å²) in [7, 11) is 0. The van der Waals surface area contributed by atoms with E-state index in [0.717, 1.165) is 40.2 Å². The lowest BCUT2D eigenvalue weighted by atomic mass is 10.1. The van der Waals surface area contributed by atoms with E-state index in [2.05, 4.69) is 10.6 Å². The SMILES string of the molecule is O=C(CSc1cccc2cccc(Cl)c12)NC1CCNC1. The van der Waals surface area contributed by atoms with Gasteiger partial charge in [0.1, 0.15) is 0 Å². The van der Waals surface area contributed by atoms with E-state index in [1.165, 1.54) is 11.8 Å². The van der Waals surface area contributed by atoms with Crippen LogP contribution >= 0.6 is 23.4 Å². The minimum absolute atomic E-state index is 0.0813. The molecule has 1 saturated heterocycles. The van der Waals surface area contributed by atoms with Crippen LogP contribution in [-0.4, -0.2) is 30.8 Å². The monoisotopic (exact) mass is 320 g/mol. The van der Waals surface area contributed by atoms with Gasteiger partial charge < -0.3 is 10.6 Å². The van der Waals surface area contributed by atoms with Gasteiger partial charge in [0, 0.05) is 27.9 Å². The van der Waals surface area contributed by atoms with Crippen molar-refractivity contribution in [1.29, 1.82) is 0 Å². The van der Waals surface area contributed by atoms with E-state index in [1.54, 1.807) is 0 Å². The zero-order valence-electron chi connectivity index (χ0n) is 11.6. The van der Waals surface area contributed by atoms with Gasteiger partial charge in [-0.05, 0) is 30.5 Å². The second-order valence-corrected chi connectivity index (χ2v) is 6.56. The zero-order valence-corrected chi connectivity index (χ0v) is 13.1. The van der Waals surface area contributed by atoms with Crippen molar-refractivity contribution in [3.63, 3.8) is 0 Å². The maximum absolute atomic E-state index is 12.0. The number of fused-ring (bicyclic) bond motifs is 1. The van der Waals surface area contributed by atoms with E-state index in [0.29, 0.717) is 5.75 Å². The molecule has 1 heterocycles. The van der Waals surface area contributed by atoms with Crippen molar-refractivity contribution in [3.8, 4) is 0 Å². The summed E-state index contributed by atoms with van der Waals surface area (Å²) in [6.45, 7) is 1.85. The molecule has 0 spiro atoms. The number of hydrogen-bond donors (Lipinski definition) is 2. The van der Waals surface area contributed by atoms with E-state index in [1.807, 2.05) is 36.4 Å². The summed E-state index contributed by atoms with van der Waals surface area (Å²) < 4.78 is 0. The molecule has 1 atom stereocenters. The van der Waals surface area contributed by atoms with E-state index < -0.39 is 0 Å². The van der Waals surface area contributed by atoms with Crippen molar-refractivity contribution in [2.24, 2.45) is 0 Å². The van der Waals surface area contributed by atoms with Crippen LogP contribution in [-0.2, 0) is 4.79 Å². The largest absolute Gasteiger partial charge is 0.351 e. The molecule has 3 nitrogen and oxygen atoms in total. The Balaban J connectivity index is 1.69. The van der Waals surface area contributed by atoms with E-state index >= 15 is 0 Å². The molecule has 0 aromatic heterocycles. The number of nitrogens with one attached hydrogen (secondary N) is 2. The van der Waals surface area contributed by atoms with Crippen LogP contribution in [0.2, 0.25) is 5.02 Å². The van der Waals surface area contributed by atoms with Gasteiger partial charge in [0.15, 0.2) is 0 Å². The number of carbonyl (C=O) groups is 1. The maximum Gasteiger partial charge on any atom is 0.230 e. The van der Waals surface area contributed by atoms with Gasteiger partial charge in [-0.15, -0.1) is 11.8 Å². The Kier molecular flexibility index (Phi) is 4.68. The predicted octanol–water partition coefficient (Wildman–Crippen LogP) is 3.06. The van der Waals surface area contributed by atoms with E-state index in [4.69, 9.17) is 11.6 Å². The Morgan fingerprint density at radius 2 is 2.14 bits per heavy atom. The van der Waals surface area contributed by atoms with Gasteiger partial charge in [0.2, 0.25) is 5.91 Å². The molecule has 1 unspecified atom stereocenters. The minimum atomic E-state index is 0.0813. The quantitative estimate of drug-likeness (QED) is 0.851. The van der Waals surface area contributed by atoms with Crippen molar-refractivity contribution >= 4 is 40.0 Å². The average Bonchev–Trinajstić information content (AvgIpc) is 2.98. The van der Waals surface area contributed by atoms with Crippen molar-refractivity contribution in [3.05, 3.63) is 41.4 Å². The Morgan fingerprint density at radius 1 is 1.33 bits per heavy atom. The van der Waals surface area contributed by atoms with Crippen molar-refractivity contribution in [2.75, 3.05) is 18.8 Å². The first-order valence-corrected chi connectivity index (χ1v) is 8.40. The number of hydrogen-bond acceptors (Lipinski definition) is 3. The molecule has 3 rings (SSSR count). The fourth-order valence-corrected chi connectivity index (χ4v) is 3.83. The first kappa shape index (κ1) is 14.7. The van der Waals surface area contributed by atoms with Crippen LogP contribution in [0.1, 0.15) is 6.42 Å². The highest BCUT2D eigenvalue weighted by molar-refractivity contribution is 8.00. The fraction of sp³-hybridized carbons (Fsp3) is 0.312. The van der Waals surface area contributed by atoms with Gasteiger partial charge in [-0.1, -0.05) is 35.9 Å². The number of halogens is 1. The molecule has 2 aromatic rings. The highest BCUT2D eigenvalue weighted by atomic mass is 35.5. The average molecular weight is 321 g/mol. The van der Waals surface area contributed by atoms with Gasteiger partial charge in [-0.25, -0.2) is 0 Å². The van der Waals surface area contributed by atoms with Crippen LogP contribution in [0.25, 0.3) is 10.8 Å². The van der Waals surface area contributed by atoms with Gasteiger partial charge in [-0.3, -0.25) is 4.79 Å². The number of rotatable bonds is 4. The van der Waals surface area contributed by atoms with Gasteiger partial charge >= 0.3 is 0 Å². The Bertz CT molecular complexity index is 651. The second-order valence-electron chi connectivity index (χ2n) is 5.14. The number of benzene rings is 2. The molecular weight excluding hydrogens is 304 g/mol. The summed E-state index contributed by atoms with van der Waals surface area (Å²) >= 11 is 7.83. The summed E-state index contributed by atoms with van der Waals surface area (Å²) in [5.41, 5.74) is 0. The number of thioether (sulfide) groups is 1. The summed E-state index contributed by atoms with van der Waals surface area (Å²) in [6.07, 6.45) is 1.01. The summed E-state index contributed by atoms with van der Waals surface area (Å²) in [5, 5.41) is 9.17. The topological polar surface area (TPSA) is 41.1 Å². The smallest absolute Gasteiger partial charge is 0.230 e. The highest BCUT2D eigenvalue weighted by Crippen LogP contribution is 2.33. The van der Waals surface area contributed by atoms with E-state index in [9.17, 15) is 4.79 Å². The third-order valence-electron chi connectivity index (χ3n) is 3.60. The summed E-state index contributed by atoms with van der Waals surface area (Å²) in [4.78, 5) is 13.1. The maximum atomic E-state index is 12.0. The number of carbonyl (C=O) groups excluding carboxylic acids is 1. The normalized spacial score (nSPS) is 18.0. The van der Waals surface area contributed by atoms with Crippen LogP contribution in [0.15, 0.2) is 41.3 Å². The highest BCUT2D eigenvalue weighted by Gasteiger charge is 2.16. The lowest BCUT2D eigenvalue weighted by Crippen LogP contribution is -2.37. The molecule has 1 aliphatic heterocycles. The van der Waals surface area contributed by atoms with Crippen LogP contribution in [0.3, 0.4) is 0 Å². The molecule has 110 valence electrons. The number of amides is 1. The van der Waals surface area contributed by atoms with E-state index in [-0.39, 0.29) is 11.9 Å². The fourth-order valence-electron chi connectivity index (χ4n) is 2.57. The Labute approximate surface area is 133 Å². The first-order valence-electron chi connectivity index (χ1n) is 7.04. The Hall–Kier alpha value is -1.23. The molecule has 2 aromatic carbocycles. The molecule has 0 saturated carbocycles. The second kappa shape index (κ2) is 6.69. The molecule has 5 heteroatoms. The molecule has 1 aliphatic rings. The molecule has 0 bridgehead atoms. The lowest BCUT2D eigenvalue weighted by Gasteiger charge is -2.12. The molecule has 21 heavy (non-hydrogen) atoms. The van der Waals surface area contributed by atoms with Crippen LogP contribution in [0, 0.1) is 0 Å².